The molecular formula is C18H36O2. The van der Waals surface area contributed by atoms with Crippen LogP contribution in [0, 0.1) is 5.92 Å². The average molecular weight is 284 g/mol. The van der Waals surface area contributed by atoms with E-state index in [2.05, 4.69) is 20.8 Å². The molecule has 0 amide bonds. The van der Waals surface area contributed by atoms with Gasteiger partial charge in [0.25, 0.3) is 0 Å². The van der Waals surface area contributed by atoms with Gasteiger partial charge >= 0.3 is 5.97 Å². The second-order valence-electron chi connectivity index (χ2n) is 6.33. The first-order valence-corrected chi connectivity index (χ1v) is 8.82. The number of hydrogen-bond acceptors (Lipinski definition) is 2. The summed E-state index contributed by atoms with van der Waals surface area (Å²) in [7, 11) is 0. The second kappa shape index (κ2) is 14.9. The van der Waals surface area contributed by atoms with E-state index in [9.17, 15) is 4.79 Å². The number of carbonyl (C=O) groups is 1. The predicted octanol–water partition coefficient (Wildman–Crippen LogP) is 5.89. The van der Waals surface area contributed by atoms with Crippen LogP contribution in [-0.2, 0) is 9.53 Å². The zero-order valence-corrected chi connectivity index (χ0v) is 14.1. The molecule has 0 bridgehead atoms. The second-order valence-corrected chi connectivity index (χ2v) is 6.33. The highest BCUT2D eigenvalue weighted by molar-refractivity contribution is 5.69. The van der Waals surface area contributed by atoms with Crippen molar-refractivity contribution in [2.45, 2.75) is 97.8 Å². The van der Waals surface area contributed by atoms with Gasteiger partial charge in [-0.05, 0) is 18.8 Å². The molecule has 0 aliphatic carbocycles. The summed E-state index contributed by atoms with van der Waals surface area (Å²) in [6, 6.07) is 0. The normalized spacial score (nSPS) is 11.0. The number of ether oxygens (including phenoxy) is 1. The van der Waals surface area contributed by atoms with Crippen LogP contribution in [-0.4, -0.2) is 12.6 Å². The van der Waals surface area contributed by atoms with Crippen molar-refractivity contribution in [2.75, 3.05) is 6.61 Å². The molecule has 0 saturated carbocycles. The van der Waals surface area contributed by atoms with Crippen LogP contribution < -0.4 is 0 Å². The van der Waals surface area contributed by atoms with Crippen LogP contribution in [0.3, 0.4) is 0 Å². The highest BCUT2D eigenvalue weighted by atomic mass is 16.5. The highest BCUT2D eigenvalue weighted by Gasteiger charge is 2.01. The molecule has 0 radical (unpaired) electrons. The summed E-state index contributed by atoms with van der Waals surface area (Å²) in [6.45, 7) is 7.32. The molecule has 120 valence electrons. The van der Waals surface area contributed by atoms with Crippen LogP contribution in [0.4, 0.5) is 0 Å². The van der Waals surface area contributed by atoms with Gasteiger partial charge in [0.1, 0.15) is 0 Å². The van der Waals surface area contributed by atoms with Crippen LogP contribution >= 0.6 is 0 Å². The summed E-state index contributed by atoms with van der Waals surface area (Å²) >= 11 is 0. The Kier molecular flexibility index (Phi) is 14.5. The van der Waals surface area contributed by atoms with Gasteiger partial charge in [0.15, 0.2) is 0 Å². The summed E-state index contributed by atoms with van der Waals surface area (Å²) in [4.78, 5) is 11.3. The van der Waals surface area contributed by atoms with Crippen molar-refractivity contribution < 1.29 is 9.53 Å². The highest BCUT2D eigenvalue weighted by Crippen LogP contribution is 2.12. The zero-order chi connectivity index (χ0) is 15.1. The molecule has 0 atom stereocenters. The van der Waals surface area contributed by atoms with E-state index in [4.69, 9.17) is 4.74 Å². The predicted molar refractivity (Wildman–Crippen MR) is 86.9 cm³/mol. The average Bonchev–Trinajstić information content (AvgIpc) is 2.42. The van der Waals surface area contributed by atoms with E-state index >= 15 is 0 Å². The Morgan fingerprint density at radius 3 is 1.95 bits per heavy atom. The lowest BCUT2D eigenvalue weighted by Gasteiger charge is -2.05. The fourth-order valence-electron chi connectivity index (χ4n) is 2.29. The molecule has 0 aromatic rings. The molecule has 0 aromatic carbocycles. The summed E-state index contributed by atoms with van der Waals surface area (Å²) < 4.78 is 5.19. The molecule has 0 aliphatic heterocycles. The molecule has 0 spiro atoms. The topological polar surface area (TPSA) is 26.3 Å². The molecule has 2 nitrogen and oxygen atoms in total. The lowest BCUT2D eigenvalue weighted by Crippen LogP contribution is -2.05. The van der Waals surface area contributed by atoms with Crippen molar-refractivity contribution in [3.8, 4) is 0 Å². The number of unbranched alkanes of at least 4 members (excludes halogenated alkanes) is 8. The zero-order valence-electron chi connectivity index (χ0n) is 14.1. The van der Waals surface area contributed by atoms with E-state index in [0.29, 0.717) is 13.0 Å². The van der Waals surface area contributed by atoms with E-state index in [-0.39, 0.29) is 5.97 Å². The Hall–Kier alpha value is -0.530. The first-order valence-electron chi connectivity index (χ1n) is 8.82. The Bertz CT molecular complexity index is 211. The molecule has 20 heavy (non-hydrogen) atoms. The van der Waals surface area contributed by atoms with Crippen LogP contribution in [0.2, 0.25) is 0 Å². The van der Waals surface area contributed by atoms with Gasteiger partial charge in [0.2, 0.25) is 0 Å². The van der Waals surface area contributed by atoms with Crippen molar-refractivity contribution in [2.24, 2.45) is 5.92 Å². The summed E-state index contributed by atoms with van der Waals surface area (Å²) in [5, 5.41) is 0. The van der Waals surface area contributed by atoms with E-state index in [1.165, 1.54) is 51.4 Å². The van der Waals surface area contributed by atoms with Crippen LogP contribution in [0.1, 0.15) is 97.8 Å². The number of carbonyl (C=O) groups excluding carboxylic acids is 1. The van der Waals surface area contributed by atoms with Gasteiger partial charge in [-0.3, -0.25) is 4.79 Å². The fourth-order valence-corrected chi connectivity index (χ4v) is 2.29. The van der Waals surface area contributed by atoms with Crippen molar-refractivity contribution in [3.63, 3.8) is 0 Å². The van der Waals surface area contributed by atoms with Crippen LogP contribution in [0.15, 0.2) is 0 Å². The van der Waals surface area contributed by atoms with Crippen molar-refractivity contribution >= 4 is 5.97 Å². The SMILES string of the molecule is CCCCC(=O)OCCCCCCCCCCC(C)C. The van der Waals surface area contributed by atoms with Gasteiger partial charge in [-0.2, -0.15) is 0 Å². The molecular weight excluding hydrogens is 248 g/mol. The lowest BCUT2D eigenvalue weighted by atomic mass is 10.0. The Labute approximate surface area is 126 Å². The van der Waals surface area contributed by atoms with E-state index in [1.54, 1.807) is 0 Å². The quantitative estimate of drug-likeness (QED) is 0.294. The molecule has 0 rings (SSSR count). The van der Waals surface area contributed by atoms with Gasteiger partial charge in [0.05, 0.1) is 6.61 Å². The van der Waals surface area contributed by atoms with Crippen LogP contribution in [0.25, 0.3) is 0 Å². The standard InChI is InChI=1S/C18H36O2/c1-4-5-15-18(19)20-16-13-11-9-7-6-8-10-12-14-17(2)3/h17H,4-16H2,1-3H3. The number of rotatable bonds is 14. The minimum Gasteiger partial charge on any atom is -0.466 e. The third-order valence-electron chi connectivity index (χ3n) is 3.67. The molecule has 0 saturated heterocycles. The Morgan fingerprint density at radius 2 is 1.40 bits per heavy atom. The number of hydrogen-bond donors (Lipinski definition) is 0. The van der Waals surface area contributed by atoms with Crippen molar-refractivity contribution in [1.82, 2.24) is 0 Å². The molecule has 2 heteroatoms. The maximum atomic E-state index is 11.3. The Morgan fingerprint density at radius 1 is 0.850 bits per heavy atom. The molecule has 0 unspecified atom stereocenters. The molecule has 0 heterocycles. The largest absolute Gasteiger partial charge is 0.466 e. The maximum absolute atomic E-state index is 11.3. The smallest absolute Gasteiger partial charge is 0.305 e. The monoisotopic (exact) mass is 284 g/mol. The summed E-state index contributed by atoms with van der Waals surface area (Å²) in [5.41, 5.74) is 0. The third-order valence-corrected chi connectivity index (χ3v) is 3.67. The first kappa shape index (κ1) is 19.5. The van der Waals surface area contributed by atoms with Gasteiger partial charge in [-0.25, -0.2) is 0 Å². The minimum atomic E-state index is -0.0167. The molecule has 0 fully saturated rings. The lowest BCUT2D eigenvalue weighted by molar-refractivity contribution is -0.143. The van der Waals surface area contributed by atoms with Gasteiger partial charge in [0, 0.05) is 6.42 Å². The van der Waals surface area contributed by atoms with Crippen molar-refractivity contribution in [1.29, 1.82) is 0 Å². The Balaban J connectivity index is 3.08. The van der Waals surface area contributed by atoms with Gasteiger partial charge in [-0.1, -0.05) is 78.6 Å². The fraction of sp³-hybridized carbons (Fsp3) is 0.944. The molecule has 0 aliphatic rings. The van der Waals surface area contributed by atoms with Gasteiger partial charge < -0.3 is 4.74 Å². The van der Waals surface area contributed by atoms with Crippen LogP contribution in [0.5, 0.6) is 0 Å². The summed E-state index contributed by atoms with van der Waals surface area (Å²) in [5.74, 6) is 0.840. The van der Waals surface area contributed by atoms with E-state index in [0.717, 1.165) is 25.2 Å². The van der Waals surface area contributed by atoms with E-state index < -0.39 is 0 Å². The van der Waals surface area contributed by atoms with Gasteiger partial charge in [-0.15, -0.1) is 0 Å². The first-order chi connectivity index (χ1) is 9.66. The van der Waals surface area contributed by atoms with E-state index in [1.807, 2.05) is 0 Å². The molecule has 0 aromatic heterocycles. The minimum absolute atomic E-state index is 0.0167. The molecule has 0 N–H and O–H groups in total. The maximum Gasteiger partial charge on any atom is 0.305 e. The third kappa shape index (κ3) is 15.5. The summed E-state index contributed by atoms with van der Waals surface area (Å²) in [6.07, 6.45) is 14.4. The number of esters is 1. The van der Waals surface area contributed by atoms with Crippen molar-refractivity contribution in [3.05, 3.63) is 0 Å².